The first-order valence-electron chi connectivity index (χ1n) is 7.08. The third-order valence-electron chi connectivity index (χ3n) is 3.83. The number of carbonyl (C=O) groups excluding carboxylic acids is 1. The van der Waals surface area contributed by atoms with Gasteiger partial charge in [0.2, 0.25) is 0 Å². The zero-order valence-corrected chi connectivity index (χ0v) is 11.9. The van der Waals surface area contributed by atoms with Crippen molar-refractivity contribution < 1.29 is 28.9 Å². The number of aliphatic carboxylic acids is 1. The van der Waals surface area contributed by atoms with Crippen LogP contribution in [0.1, 0.15) is 12.0 Å². The molecule has 22 heavy (non-hydrogen) atoms. The lowest BCUT2D eigenvalue weighted by Gasteiger charge is -2.22. The number of likely N-dealkylation sites (tertiary alicyclic amines) is 1. The van der Waals surface area contributed by atoms with Gasteiger partial charge < -0.3 is 19.3 Å². The maximum absolute atomic E-state index is 12.2. The molecule has 0 aromatic heterocycles. The Morgan fingerprint density at radius 2 is 1.95 bits per heavy atom. The number of nitrogens with zero attached hydrogens (tertiary/aromatic N) is 1. The van der Waals surface area contributed by atoms with Crippen molar-refractivity contribution >= 4 is 12.1 Å². The van der Waals surface area contributed by atoms with Crippen LogP contribution in [0.5, 0.6) is 0 Å². The molecule has 7 nitrogen and oxygen atoms in total. The Balaban J connectivity index is 1.66. The molecule has 0 saturated carbocycles. The summed E-state index contributed by atoms with van der Waals surface area (Å²) in [6.07, 6.45) is -0.560. The third-order valence-corrected chi connectivity index (χ3v) is 3.83. The van der Waals surface area contributed by atoms with Crippen LogP contribution in [0.3, 0.4) is 0 Å². The Labute approximate surface area is 127 Å². The molecule has 1 aromatic rings. The third kappa shape index (κ3) is 2.90. The fraction of sp³-hybridized carbons (Fsp3) is 0.467. The Hall–Kier alpha value is -2.12. The second kappa shape index (κ2) is 5.94. The summed E-state index contributed by atoms with van der Waals surface area (Å²) in [5.41, 5.74) is 0.838. The van der Waals surface area contributed by atoms with Crippen LogP contribution in [0.2, 0.25) is 0 Å². The number of rotatable bonds is 3. The van der Waals surface area contributed by atoms with Gasteiger partial charge in [-0.15, -0.1) is 0 Å². The lowest BCUT2D eigenvalue weighted by atomic mass is 10.1. The number of hydrogen-bond acceptors (Lipinski definition) is 5. The minimum absolute atomic E-state index is 0.0671. The van der Waals surface area contributed by atoms with Crippen molar-refractivity contribution in [2.24, 2.45) is 0 Å². The molecule has 2 aliphatic heterocycles. The van der Waals surface area contributed by atoms with E-state index in [1.165, 1.54) is 0 Å². The topological polar surface area (TPSA) is 85.3 Å². The van der Waals surface area contributed by atoms with Gasteiger partial charge in [-0.25, -0.2) is 9.59 Å². The van der Waals surface area contributed by atoms with Crippen molar-refractivity contribution in [2.45, 2.75) is 24.9 Å². The molecule has 1 atom stereocenters. The van der Waals surface area contributed by atoms with Gasteiger partial charge >= 0.3 is 12.1 Å². The quantitative estimate of drug-likeness (QED) is 0.904. The SMILES string of the molecule is O=C(O)[C@H]1CC2(CN1C(=O)OCc1ccccc1)OCCO2. The minimum atomic E-state index is -1.09. The highest BCUT2D eigenvalue weighted by molar-refractivity contribution is 5.81. The molecule has 3 rings (SSSR count). The van der Waals surface area contributed by atoms with Gasteiger partial charge in [0, 0.05) is 6.42 Å². The summed E-state index contributed by atoms with van der Waals surface area (Å²) in [5.74, 6) is -2.10. The molecule has 0 aliphatic carbocycles. The molecular weight excluding hydrogens is 290 g/mol. The van der Waals surface area contributed by atoms with E-state index in [1.54, 1.807) is 0 Å². The molecule has 2 aliphatic rings. The van der Waals surface area contributed by atoms with Crippen molar-refractivity contribution in [3.63, 3.8) is 0 Å². The van der Waals surface area contributed by atoms with Gasteiger partial charge in [-0.1, -0.05) is 30.3 Å². The van der Waals surface area contributed by atoms with Crippen LogP contribution < -0.4 is 0 Å². The van der Waals surface area contributed by atoms with Crippen LogP contribution >= 0.6 is 0 Å². The molecule has 1 N–H and O–H groups in total. The Bertz CT molecular complexity index is 554. The van der Waals surface area contributed by atoms with Gasteiger partial charge in [0.1, 0.15) is 12.6 Å². The van der Waals surface area contributed by atoms with E-state index in [1.807, 2.05) is 30.3 Å². The average Bonchev–Trinajstić information content (AvgIpc) is 3.14. The largest absolute Gasteiger partial charge is 0.480 e. The van der Waals surface area contributed by atoms with E-state index >= 15 is 0 Å². The number of amides is 1. The molecule has 1 aromatic carbocycles. The summed E-state index contributed by atoms with van der Waals surface area (Å²) in [6.45, 7) is 0.966. The lowest BCUT2D eigenvalue weighted by Crippen LogP contribution is -2.41. The fourth-order valence-corrected chi connectivity index (χ4v) is 2.76. The maximum Gasteiger partial charge on any atom is 0.411 e. The van der Waals surface area contributed by atoms with E-state index in [4.69, 9.17) is 14.2 Å². The van der Waals surface area contributed by atoms with E-state index in [9.17, 15) is 14.7 Å². The summed E-state index contributed by atoms with van der Waals surface area (Å²) in [4.78, 5) is 24.7. The highest BCUT2D eigenvalue weighted by Gasteiger charge is 2.53. The number of carbonyl (C=O) groups is 2. The minimum Gasteiger partial charge on any atom is -0.480 e. The molecule has 0 unspecified atom stereocenters. The Morgan fingerprint density at radius 1 is 1.27 bits per heavy atom. The first-order valence-corrected chi connectivity index (χ1v) is 7.08. The first kappa shape index (κ1) is 14.8. The zero-order valence-electron chi connectivity index (χ0n) is 11.9. The van der Waals surface area contributed by atoms with Crippen molar-refractivity contribution in [3.8, 4) is 0 Å². The number of hydrogen-bond donors (Lipinski definition) is 1. The summed E-state index contributed by atoms with van der Waals surface area (Å²) in [5, 5.41) is 9.30. The van der Waals surface area contributed by atoms with Gasteiger partial charge in [-0.3, -0.25) is 4.90 Å². The highest BCUT2D eigenvalue weighted by atomic mass is 16.7. The Morgan fingerprint density at radius 3 is 2.59 bits per heavy atom. The maximum atomic E-state index is 12.2. The molecule has 2 fully saturated rings. The molecule has 1 amide bonds. The van der Waals surface area contributed by atoms with Gasteiger partial charge in [0.25, 0.3) is 0 Å². The molecule has 1 spiro atoms. The lowest BCUT2D eigenvalue weighted by molar-refractivity contribution is -0.150. The van der Waals surface area contributed by atoms with Crippen LogP contribution in [-0.2, 0) is 25.6 Å². The van der Waals surface area contributed by atoms with Gasteiger partial charge in [0.15, 0.2) is 5.79 Å². The number of benzene rings is 1. The summed E-state index contributed by atoms with van der Waals surface area (Å²) >= 11 is 0. The first-order chi connectivity index (χ1) is 10.6. The summed E-state index contributed by atoms with van der Waals surface area (Å²) in [6, 6.07) is 8.21. The van der Waals surface area contributed by atoms with E-state index in [0.29, 0.717) is 13.2 Å². The predicted octanol–water partition coefficient (Wildman–Crippen LogP) is 1.23. The molecular formula is C15H17NO6. The van der Waals surface area contributed by atoms with E-state index in [0.717, 1.165) is 10.5 Å². The van der Waals surface area contributed by atoms with E-state index in [-0.39, 0.29) is 19.6 Å². The fourth-order valence-electron chi connectivity index (χ4n) is 2.76. The second-order valence-electron chi connectivity index (χ2n) is 5.33. The average molecular weight is 307 g/mol. The highest BCUT2D eigenvalue weighted by Crippen LogP contribution is 2.35. The van der Waals surface area contributed by atoms with Gasteiger partial charge in [-0.05, 0) is 5.56 Å². The number of carboxylic acids is 1. The van der Waals surface area contributed by atoms with Crippen LogP contribution in [-0.4, -0.2) is 53.7 Å². The van der Waals surface area contributed by atoms with Crippen LogP contribution in [0.15, 0.2) is 30.3 Å². The molecule has 2 saturated heterocycles. The predicted molar refractivity (Wildman–Crippen MR) is 74.0 cm³/mol. The smallest absolute Gasteiger partial charge is 0.411 e. The summed E-state index contributed by atoms with van der Waals surface area (Å²) in [7, 11) is 0. The standard InChI is InChI=1S/C15H17NO6/c17-13(18)12-8-15(21-6-7-22-15)10-16(12)14(19)20-9-11-4-2-1-3-5-11/h1-5,12H,6-10H2,(H,17,18)/t12-/m1/s1. The molecule has 2 heterocycles. The number of carboxylic acid groups (broad SMARTS) is 1. The van der Waals surface area contributed by atoms with Crippen LogP contribution in [0, 0.1) is 0 Å². The van der Waals surface area contributed by atoms with E-state index in [2.05, 4.69) is 0 Å². The number of ether oxygens (including phenoxy) is 3. The normalized spacial score (nSPS) is 22.9. The zero-order chi connectivity index (χ0) is 15.6. The monoisotopic (exact) mass is 307 g/mol. The van der Waals surface area contributed by atoms with Crippen molar-refractivity contribution in [3.05, 3.63) is 35.9 Å². The Kier molecular flexibility index (Phi) is 4.00. The van der Waals surface area contributed by atoms with Crippen molar-refractivity contribution in [1.82, 2.24) is 4.90 Å². The molecule has 0 bridgehead atoms. The van der Waals surface area contributed by atoms with Gasteiger partial charge in [-0.2, -0.15) is 0 Å². The van der Waals surface area contributed by atoms with Crippen molar-refractivity contribution in [2.75, 3.05) is 19.8 Å². The molecule has 0 radical (unpaired) electrons. The van der Waals surface area contributed by atoms with Gasteiger partial charge in [0.05, 0.1) is 19.8 Å². The summed E-state index contributed by atoms with van der Waals surface area (Å²) < 4.78 is 16.2. The molecule has 118 valence electrons. The van der Waals surface area contributed by atoms with Crippen LogP contribution in [0.25, 0.3) is 0 Å². The van der Waals surface area contributed by atoms with Crippen molar-refractivity contribution in [1.29, 1.82) is 0 Å². The second-order valence-corrected chi connectivity index (χ2v) is 5.33. The van der Waals surface area contributed by atoms with E-state index < -0.39 is 23.9 Å². The molecule has 7 heteroatoms. The van der Waals surface area contributed by atoms with Crippen LogP contribution in [0.4, 0.5) is 4.79 Å².